The van der Waals surface area contributed by atoms with Gasteiger partial charge in [0.25, 0.3) is 0 Å². The lowest BCUT2D eigenvalue weighted by Crippen LogP contribution is -2.06. The number of carbonyl (C=O) groups is 1. The number of nitrogens with one attached hydrogen (secondary N) is 1. The lowest BCUT2D eigenvalue weighted by Gasteiger charge is -2.20. The summed E-state index contributed by atoms with van der Waals surface area (Å²) in [5, 5.41) is 23.1. The highest BCUT2D eigenvalue weighted by atomic mass is 32.2. The zero-order valence-corrected chi connectivity index (χ0v) is 15.8. The fraction of sp³-hybridized carbons (Fsp3) is 0.211. The molecule has 2 rings (SSSR count). The van der Waals surface area contributed by atoms with Crippen molar-refractivity contribution in [3.8, 4) is 23.0 Å². The fourth-order valence-corrected chi connectivity index (χ4v) is 3.36. The van der Waals surface area contributed by atoms with Gasteiger partial charge in [0.15, 0.2) is 23.0 Å². The Hall–Kier alpha value is -2.80. The summed E-state index contributed by atoms with van der Waals surface area (Å²) >= 11 is 1.36. The van der Waals surface area contributed by atoms with Gasteiger partial charge in [-0.25, -0.2) is 0 Å². The van der Waals surface area contributed by atoms with E-state index in [1.54, 1.807) is 31.3 Å². The van der Waals surface area contributed by atoms with Crippen LogP contribution in [0.2, 0.25) is 0 Å². The molecule has 7 heteroatoms. The number of hydrogen-bond acceptors (Lipinski definition) is 7. The minimum atomic E-state index is -0.454. The molecule has 3 N–H and O–H groups in total. The summed E-state index contributed by atoms with van der Waals surface area (Å²) < 4.78 is 10.7. The zero-order chi connectivity index (χ0) is 19.3. The number of rotatable bonds is 7. The SMILES string of the molecule is CNc1c(OC)c(C(=O)/C=C/c2cccc(O)c2)c(O)c(OC)c1SC. The maximum atomic E-state index is 12.8. The van der Waals surface area contributed by atoms with E-state index in [2.05, 4.69) is 5.32 Å². The van der Waals surface area contributed by atoms with Crippen LogP contribution in [-0.4, -0.2) is 43.5 Å². The van der Waals surface area contributed by atoms with E-state index < -0.39 is 5.78 Å². The molecule has 138 valence electrons. The van der Waals surface area contributed by atoms with Gasteiger partial charge in [0.05, 0.1) is 24.8 Å². The topological polar surface area (TPSA) is 88.0 Å². The standard InChI is InChI=1S/C19H21NO5S/c1-20-15-17(24-2)14(16(23)18(25-3)19(15)26-4)13(22)9-8-11-6-5-7-12(21)10-11/h5-10,20-21,23H,1-4H3/b9-8+. The molecule has 0 aliphatic rings. The summed E-state index contributed by atoms with van der Waals surface area (Å²) in [6.07, 6.45) is 4.69. The highest BCUT2D eigenvalue weighted by molar-refractivity contribution is 7.98. The number of thioether (sulfide) groups is 1. The number of phenolic OH excluding ortho intramolecular Hbond substituents is 2. The molecule has 0 aliphatic carbocycles. The molecule has 2 aromatic carbocycles. The molecular formula is C19H21NO5S. The van der Waals surface area contributed by atoms with Crippen molar-refractivity contribution in [3.63, 3.8) is 0 Å². The first-order valence-corrected chi connectivity index (χ1v) is 8.95. The third-order valence-corrected chi connectivity index (χ3v) is 4.54. The third-order valence-electron chi connectivity index (χ3n) is 3.75. The molecule has 0 aromatic heterocycles. The van der Waals surface area contributed by atoms with Crippen LogP contribution >= 0.6 is 11.8 Å². The summed E-state index contributed by atoms with van der Waals surface area (Å²) in [7, 11) is 4.56. The number of ketones is 1. The monoisotopic (exact) mass is 375 g/mol. The van der Waals surface area contributed by atoms with Crippen molar-refractivity contribution in [3.05, 3.63) is 41.5 Å². The second-order valence-corrected chi connectivity index (χ2v) is 6.06. The molecule has 0 heterocycles. The first-order valence-electron chi connectivity index (χ1n) is 7.72. The summed E-state index contributed by atoms with van der Waals surface area (Å²) in [5.41, 5.74) is 1.21. The van der Waals surface area contributed by atoms with E-state index >= 15 is 0 Å². The van der Waals surface area contributed by atoms with Crippen molar-refractivity contribution in [1.29, 1.82) is 0 Å². The average molecular weight is 375 g/mol. The number of methoxy groups -OCH3 is 2. The predicted octanol–water partition coefficient (Wildman–Crippen LogP) is 3.77. The number of carbonyl (C=O) groups excluding carboxylic acids is 1. The smallest absolute Gasteiger partial charge is 0.193 e. The lowest BCUT2D eigenvalue weighted by molar-refractivity contribution is 0.104. The van der Waals surface area contributed by atoms with Crippen molar-refractivity contribution in [2.75, 3.05) is 32.8 Å². The van der Waals surface area contributed by atoms with Gasteiger partial charge in [0, 0.05) is 7.05 Å². The van der Waals surface area contributed by atoms with Crippen LogP contribution in [0.1, 0.15) is 15.9 Å². The summed E-state index contributed by atoms with van der Waals surface area (Å²) in [6, 6.07) is 6.49. The third kappa shape index (κ3) is 3.72. The first kappa shape index (κ1) is 19.5. The Morgan fingerprint density at radius 1 is 1.19 bits per heavy atom. The lowest BCUT2D eigenvalue weighted by atomic mass is 10.0. The van der Waals surface area contributed by atoms with Crippen molar-refractivity contribution in [1.82, 2.24) is 0 Å². The van der Waals surface area contributed by atoms with Crippen LogP contribution in [-0.2, 0) is 0 Å². The van der Waals surface area contributed by atoms with Gasteiger partial charge in [-0.05, 0) is 30.0 Å². The second kappa shape index (κ2) is 8.53. The maximum Gasteiger partial charge on any atom is 0.193 e. The molecule has 0 spiro atoms. The van der Waals surface area contributed by atoms with Crippen LogP contribution in [0.3, 0.4) is 0 Å². The number of allylic oxidation sites excluding steroid dienone is 1. The molecule has 6 nitrogen and oxygen atoms in total. The van der Waals surface area contributed by atoms with Crippen LogP contribution in [0.5, 0.6) is 23.0 Å². The normalized spacial score (nSPS) is 10.8. The molecule has 0 aliphatic heterocycles. The highest BCUT2D eigenvalue weighted by Crippen LogP contribution is 2.50. The molecule has 0 saturated carbocycles. The molecule has 0 atom stereocenters. The van der Waals surface area contributed by atoms with E-state index in [1.165, 1.54) is 38.1 Å². The van der Waals surface area contributed by atoms with Gasteiger partial charge >= 0.3 is 0 Å². The Morgan fingerprint density at radius 2 is 1.88 bits per heavy atom. The van der Waals surface area contributed by atoms with Crippen LogP contribution in [0, 0.1) is 0 Å². The number of ether oxygens (including phenoxy) is 2. The summed E-state index contributed by atoms with van der Waals surface area (Å²) in [6.45, 7) is 0. The number of phenols is 2. The van der Waals surface area contributed by atoms with Gasteiger partial charge in [-0.1, -0.05) is 18.2 Å². The molecule has 0 fully saturated rings. The quantitative estimate of drug-likeness (QED) is 0.294. The van der Waals surface area contributed by atoms with Crippen molar-refractivity contribution < 1.29 is 24.5 Å². The van der Waals surface area contributed by atoms with E-state index in [1.807, 2.05) is 6.26 Å². The molecular weight excluding hydrogens is 354 g/mol. The predicted molar refractivity (Wildman–Crippen MR) is 104 cm³/mol. The molecule has 0 saturated heterocycles. The average Bonchev–Trinajstić information content (AvgIpc) is 2.64. The molecule has 0 radical (unpaired) electrons. The summed E-state index contributed by atoms with van der Waals surface area (Å²) in [4.78, 5) is 13.4. The molecule has 0 bridgehead atoms. The Balaban J connectivity index is 2.58. The zero-order valence-electron chi connectivity index (χ0n) is 15.0. The number of hydrogen-bond donors (Lipinski definition) is 3. The first-order chi connectivity index (χ1) is 12.5. The number of benzene rings is 2. The van der Waals surface area contributed by atoms with Gasteiger partial charge in [-0.2, -0.15) is 0 Å². The van der Waals surface area contributed by atoms with Crippen LogP contribution in [0.25, 0.3) is 6.08 Å². The van der Waals surface area contributed by atoms with E-state index in [0.29, 0.717) is 16.1 Å². The number of aromatic hydroxyl groups is 2. The van der Waals surface area contributed by atoms with E-state index in [9.17, 15) is 15.0 Å². The Morgan fingerprint density at radius 3 is 2.42 bits per heavy atom. The fourth-order valence-electron chi connectivity index (χ4n) is 2.60. The van der Waals surface area contributed by atoms with E-state index in [0.717, 1.165) is 0 Å². The minimum Gasteiger partial charge on any atom is -0.508 e. The molecule has 0 unspecified atom stereocenters. The van der Waals surface area contributed by atoms with Gasteiger partial charge in [0.2, 0.25) is 0 Å². The second-order valence-electron chi connectivity index (χ2n) is 5.24. The molecule has 0 amide bonds. The van der Waals surface area contributed by atoms with Crippen molar-refractivity contribution in [2.24, 2.45) is 0 Å². The van der Waals surface area contributed by atoms with Gasteiger partial charge in [-0.3, -0.25) is 4.79 Å². The number of anilines is 1. The largest absolute Gasteiger partial charge is 0.508 e. The maximum absolute atomic E-state index is 12.8. The molecule has 2 aromatic rings. The van der Waals surface area contributed by atoms with E-state index in [4.69, 9.17) is 9.47 Å². The van der Waals surface area contributed by atoms with Gasteiger partial charge in [0.1, 0.15) is 11.3 Å². The minimum absolute atomic E-state index is 0.00269. The van der Waals surface area contributed by atoms with Crippen LogP contribution < -0.4 is 14.8 Å². The van der Waals surface area contributed by atoms with Crippen LogP contribution in [0.15, 0.2) is 35.2 Å². The van der Waals surface area contributed by atoms with E-state index in [-0.39, 0.29) is 28.6 Å². The Labute approximate surface area is 156 Å². The molecule has 26 heavy (non-hydrogen) atoms. The highest BCUT2D eigenvalue weighted by Gasteiger charge is 2.27. The summed E-state index contributed by atoms with van der Waals surface area (Å²) in [5.74, 6) is -0.190. The van der Waals surface area contributed by atoms with Gasteiger partial charge in [-0.15, -0.1) is 11.8 Å². The Kier molecular flexibility index (Phi) is 6.41. The van der Waals surface area contributed by atoms with Crippen molar-refractivity contribution in [2.45, 2.75) is 4.90 Å². The van der Waals surface area contributed by atoms with Crippen molar-refractivity contribution >= 4 is 29.3 Å². The van der Waals surface area contributed by atoms with Gasteiger partial charge < -0.3 is 25.0 Å². The Bertz CT molecular complexity index is 848. The van der Waals surface area contributed by atoms with Crippen LogP contribution in [0.4, 0.5) is 5.69 Å².